The first-order valence-electron chi connectivity index (χ1n) is 6.25. The van der Waals surface area contributed by atoms with Gasteiger partial charge in [-0.1, -0.05) is 18.2 Å². The predicted octanol–water partition coefficient (Wildman–Crippen LogP) is 2.16. The topological polar surface area (TPSA) is 54.8 Å². The van der Waals surface area contributed by atoms with Crippen molar-refractivity contribution < 1.29 is 4.39 Å². The molecule has 0 aliphatic carbocycles. The van der Waals surface area contributed by atoms with Gasteiger partial charge in [0.05, 0.1) is 6.54 Å². The van der Waals surface area contributed by atoms with Crippen LogP contribution in [0.3, 0.4) is 0 Å². The molecule has 0 bridgehead atoms. The van der Waals surface area contributed by atoms with Crippen LogP contribution in [-0.4, -0.2) is 25.9 Å². The molecule has 0 saturated heterocycles. The molecule has 7 heteroatoms. The van der Waals surface area contributed by atoms with Gasteiger partial charge < -0.3 is 5.32 Å². The highest BCUT2D eigenvalue weighted by Gasteiger charge is 2.06. The summed E-state index contributed by atoms with van der Waals surface area (Å²) in [5.41, 5.74) is 0.562. The fourth-order valence-electron chi connectivity index (χ4n) is 1.63. The standard InChI is InChI=1S/C13H16FN5S/c1-9(2)16-13(20)17-12-15-8-19(18-12)7-10-5-3-4-6-11(10)14/h3-6,8-9H,7H2,1-2H3,(H2,16,17,18,20). The second kappa shape index (κ2) is 6.42. The summed E-state index contributed by atoms with van der Waals surface area (Å²) in [6.45, 7) is 4.29. The van der Waals surface area contributed by atoms with Crippen molar-refractivity contribution in [1.82, 2.24) is 20.1 Å². The van der Waals surface area contributed by atoms with Crippen LogP contribution in [0.15, 0.2) is 30.6 Å². The highest BCUT2D eigenvalue weighted by molar-refractivity contribution is 7.80. The average molecular weight is 293 g/mol. The van der Waals surface area contributed by atoms with Crippen LogP contribution in [0.25, 0.3) is 0 Å². The number of rotatable bonds is 4. The Morgan fingerprint density at radius 3 is 2.85 bits per heavy atom. The minimum atomic E-state index is -0.255. The summed E-state index contributed by atoms with van der Waals surface area (Å²) in [5.74, 6) is 0.133. The SMILES string of the molecule is CC(C)NC(=S)Nc1ncn(Cc2ccccc2F)n1. The van der Waals surface area contributed by atoms with E-state index in [2.05, 4.69) is 20.7 Å². The number of benzene rings is 1. The molecule has 5 nitrogen and oxygen atoms in total. The predicted molar refractivity (Wildman–Crippen MR) is 80.0 cm³/mol. The fourth-order valence-corrected chi connectivity index (χ4v) is 1.96. The monoisotopic (exact) mass is 293 g/mol. The van der Waals surface area contributed by atoms with E-state index >= 15 is 0 Å². The van der Waals surface area contributed by atoms with E-state index in [-0.39, 0.29) is 11.9 Å². The van der Waals surface area contributed by atoms with Crippen molar-refractivity contribution in [2.24, 2.45) is 0 Å². The second-order valence-electron chi connectivity index (χ2n) is 4.61. The van der Waals surface area contributed by atoms with E-state index in [1.54, 1.807) is 22.9 Å². The van der Waals surface area contributed by atoms with Crippen LogP contribution in [0.5, 0.6) is 0 Å². The third kappa shape index (κ3) is 3.99. The van der Waals surface area contributed by atoms with Gasteiger partial charge in [0.15, 0.2) is 5.11 Å². The number of thiocarbonyl (C=S) groups is 1. The number of hydrogen-bond donors (Lipinski definition) is 2. The maximum absolute atomic E-state index is 13.5. The van der Waals surface area contributed by atoms with Gasteiger partial charge in [-0.05, 0) is 32.1 Å². The maximum atomic E-state index is 13.5. The number of anilines is 1. The van der Waals surface area contributed by atoms with Crippen molar-refractivity contribution >= 4 is 23.3 Å². The van der Waals surface area contributed by atoms with Crippen LogP contribution in [0.4, 0.5) is 10.3 Å². The molecule has 0 radical (unpaired) electrons. The molecule has 0 saturated carbocycles. The number of nitrogens with zero attached hydrogens (tertiary/aromatic N) is 3. The number of hydrogen-bond acceptors (Lipinski definition) is 3. The zero-order valence-corrected chi connectivity index (χ0v) is 12.1. The van der Waals surface area contributed by atoms with E-state index in [1.807, 2.05) is 13.8 Å². The third-order valence-corrected chi connectivity index (χ3v) is 2.69. The van der Waals surface area contributed by atoms with Crippen LogP contribution >= 0.6 is 12.2 Å². The molecule has 1 heterocycles. The summed E-state index contributed by atoms with van der Waals surface area (Å²) < 4.78 is 15.1. The van der Waals surface area contributed by atoms with Gasteiger partial charge in [-0.2, -0.15) is 0 Å². The summed E-state index contributed by atoms with van der Waals surface area (Å²) >= 11 is 5.10. The van der Waals surface area contributed by atoms with Gasteiger partial charge in [0.2, 0.25) is 5.95 Å². The highest BCUT2D eigenvalue weighted by Crippen LogP contribution is 2.08. The van der Waals surface area contributed by atoms with Gasteiger partial charge in [-0.3, -0.25) is 5.32 Å². The molecule has 0 spiro atoms. The smallest absolute Gasteiger partial charge is 0.248 e. The Morgan fingerprint density at radius 2 is 2.15 bits per heavy atom. The van der Waals surface area contributed by atoms with E-state index in [0.29, 0.717) is 23.2 Å². The Balaban J connectivity index is 1.99. The number of nitrogens with one attached hydrogen (secondary N) is 2. The summed E-state index contributed by atoms with van der Waals surface area (Å²) in [4.78, 5) is 4.08. The Morgan fingerprint density at radius 1 is 1.40 bits per heavy atom. The molecule has 0 aliphatic rings. The lowest BCUT2D eigenvalue weighted by atomic mass is 10.2. The minimum Gasteiger partial charge on any atom is -0.360 e. The molecule has 0 unspecified atom stereocenters. The maximum Gasteiger partial charge on any atom is 0.248 e. The van der Waals surface area contributed by atoms with Crippen LogP contribution in [0, 0.1) is 5.82 Å². The molecule has 20 heavy (non-hydrogen) atoms. The quantitative estimate of drug-likeness (QED) is 0.846. The lowest BCUT2D eigenvalue weighted by molar-refractivity contribution is 0.585. The van der Waals surface area contributed by atoms with Gasteiger partial charge in [-0.15, -0.1) is 5.10 Å². The van der Waals surface area contributed by atoms with Gasteiger partial charge >= 0.3 is 0 Å². The third-order valence-electron chi connectivity index (χ3n) is 2.47. The van der Waals surface area contributed by atoms with E-state index in [9.17, 15) is 4.39 Å². The zero-order chi connectivity index (χ0) is 14.5. The fraction of sp³-hybridized carbons (Fsp3) is 0.308. The molecule has 0 aliphatic heterocycles. The van der Waals surface area contributed by atoms with E-state index < -0.39 is 0 Å². The van der Waals surface area contributed by atoms with Crippen LogP contribution in [0.2, 0.25) is 0 Å². The van der Waals surface area contributed by atoms with E-state index in [1.165, 1.54) is 12.4 Å². The zero-order valence-electron chi connectivity index (χ0n) is 11.3. The Hall–Kier alpha value is -2.02. The lowest BCUT2D eigenvalue weighted by Crippen LogP contribution is -2.34. The Kier molecular flexibility index (Phi) is 4.62. The Labute approximate surface area is 122 Å². The largest absolute Gasteiger partial charge is 0.360 e. The molecule has 1 aromatic heterocycles. The summed E-state index contributed by atoms with van der Waals surface area (Å²) in [5, 5.41) is 10.6. The molecule has 1 aromatic carbocycles. The van der Waals surface area contributed by atoms with Crippen LogP contribution in [0.1, 0.15) is 19.4 Å². The van der Waals surface area contributed by atoms with Gasteiger partial charge in [0.1, 0.15) is 12.1 Å². The molecule has 2 aromatic rings. The van der Waals surface area contributed by atoms with Crippen molar-refractivity contribution in [1.29, 1.82) is 0 Å². The molecule has 0 fully saturated rings. The van der Waals surface area contributed by atoms with Crippen LogP contribution in [-0.2, 0) is 6.54 Å². The summed E-state index contributed by atoms with van der Waals surface area (Å²) in [7, 11) is 0. The van der Waals surface area contributed by atoms with Crippen molar-refractivity contribution in [2.45, 2.75) is 26.4 Å². The molecule has 0 amide bonds. The van der Waals surface area contributed by atoms with Crippen molar-refractivity contribution in [3.05, 3.63) is 42.0 Å². The van der Waals surface area contributed by atoms with Crippen molar-refractivity contribution in [3.8, 4) is 0 Å². The number of halogens is 1. The lowest BCUT2D eigenvalue weighted by Gasteiger charge is -2.10. The van der Waals surface area contributed by atoms with Gasteiger partial charge in [-0.25, -0.2) is 14.1 Å². The molecule has 2 rings (SSSR count). The van der Waals surface area contributed by atoms with E-state index in [0.717, 1.165) is 0 Å². The molecular weight excluding hydrogens is 277 g/mol. The molecule has 0 atom stereocenters. The molecular formula is C13H16FN5S. The second-order valence-corrected chi connectivity index (χ2v) is 5.02. The van der Waals surface area contributed by atoms with Crippen molar-refractivity contribution in [3.63, 3.8) is 0 Å². The van der Waals surface area contributed by atoms with Crippen LogP contribution < -0.4 is 10.6 Å². The first-order chi connectivity index (χ1) is 9.54. The van der Waals surface area contributed by atoms with Gasteiger partial charge in [0.25, 0.3) is 0 Å². The summed E-state index contributed by atoms with van der Waals surface area (Å²) in [6.07, 6.45) is 1.53. The summed E-state index contributed by atoms with van der Waals surface area (Å²) in [6, 6.07) is 6.82. The minimum absolute atomic E-state index is 0.232. The van der Waals surface area contributed by atoms with Crippen molar-refractivity contribution in [2.75, 3.05) is 5.32 Å². The molecule has 2 N–H and O–H groups in total. The first kappa shape index (κ1) is 14.4. The first-order valence-corrected chi connectivity index (χ1v) is 6.66. The average Bonchev–Trinajstić information content (AvgIpc) is 2.78. The normalized spacial score (nSPS) is 10.6. The Bertz CT molecular complexity index is 596. The number of aromatic nitrogens is 3. The molecule has 106 valence electrons. The van der Waals surface area contributed by atoms with Gasteiger partial charge in [0, 0.05) is 11.6 Å². The highest BCUT2D eigenvalue weighted by atomic mass is 32.1. The van der Waals surface area contributed by atoms with E-state index in [4.69, 9.17) is 12.2 Å².